The van der Waals surface area contributed by atoms with Crippen LogP contribution in [0.25, 0.3) is 0 Å². The van der Waals surface area contributed by atoms with E-state index in [1.807, 2.05) is 32.0 Å². The number of terminal acetylenes is 1. The lowest BCUT2D eigenvalue weighted by Gasteiger charge is -1.94. The number of hydrogen-bond acceptors (Lipinski definition) is 0. The molecule has 0 nitrogen and oxygen atoms in total. The van der Waals surface area contributed by atoms with E-state index in [4.69, 9.17) is 6.42 Å². The van der Waals surface area contributed by atoms with Crippen LogP contribution in [-0.4, -0.2) is 0 Å². The maximum atomic E-state index is 5.22. The lowest BCUT2D eigenvalue weighted by Crippen LogP contribution is -1.80. The zero-order valence-electron chi connectivity index (χ0n) is 8.09. The molecule has 0 fully saturated rings. The first-order valence-corrected chi connectivity index (χ1v) is 4.42. The molecule has 0 saturated carbocycles. The van der Waals surface area contributed by atoms with E-state index in [1.54, 1.807) is 0 Å². The number of hydrogen-bond donors (Lipinski definition) is 0. The molecular formula is C14H24. The van der Waals surface area contributed by atoms with Gasteiger partial charge in [-0.1, -0.05) is 53.7 Å². The molecule has 0 amide bonds. The monoisotopic (exact) mass is 192 g/mol. The van der Waals surface area contributed by atoms with Gasteiger partial charge in [-0.2, -0.15) is 0 Å². The van der Waals surface area contributed by atoms with Gasteiger partial charge in [0.25, 0.3) is 0 Å². The minimum absolute atomic E-state index is 0. The van der Waals surface area contributed by atoms with E-state index in [2.05, 4.69) is 18.9 Å². The Labute approximate surface area is 90.4 Å². The Morgan fingerprint density at radius 1 is 1.21 bits per heavy atom. The highest BCUT2D eigenvalue weighted by molar-refractivity contribution is 5.35. The molecule has 0 N–H and O–H groups in total. The summed E-state index contributed by atoms with van der Waals surface area (Å²) in [5, 5.41) is 0. The van der Waals surface area contributed by atoms with Crippen LogP contribution in [0.15, 0.2) is 24.3 Å². The van der Waals surface area contributed by atoms with Gasteiger partial charge in [0.1, 0.15) is 0 Å². The highest BCUT2D eigenvalue weighted by atomic mass is 13.9. The second-order valence-corrected chi connectivity index (χ2v) is 2.20. The Kier molecular flexibility index (Phi) is 15.6. The first-order chi connectivity index (χ1) is 5.86. The van der Waals surface area contributed by atoms with Gasteiger partial charge in [-0.05, 0) is 24.1 Å². The van der Waals surface area contributed by atoms with Crippen molar-refractivity contribution in [1.29, 1.82) is 0 Å². The summed E-state index contributed by atoms with van der Waals surface area (Å²) in [6, 6.07) is 8.06. The number of aryl methyl sites for hydroxylation is 1. The van der Waals surface area contributed by atoms with Crippen LogP contribution in [0.2, 0.25) is 0 Å². The van der Waals surface area contributed by atoms with E-state index in [1.165, 1.54) is 5.56 Å². The first-order valence-electron chi connectivity index (χ1n) is 4.42. The summed E-state index contributed by atoms with van der Waals surface area (Å²) in [6.45, 7) is 6.12. The lowest BCUT2D eigenvalue weighted by atomic mass is 10.1. The quantitative estimate of drug-likeness (QED) is 0.573. The van der Waals surface area contributed by atoms with Crippen molar-refractivity contribution in [3.05, 3.63) is 35.4 Å². The third-order valence-electron chi connectivity index (χ3n) is 1.50. The number of rotatable bonds is 1. The molecule has 0 aliphatic heterocycles. The third-order valence-corrected chi connectivity index (χ3v) is 1.50. The zero-order valence-corrected chi connectivity index (χ0v) is 8.09. The van der Waals surface area contributed by atoms with E-state index in [0.29, 0.717) is 0 Å². The fourth-order valence-electron chi connectivity index (χ4n) is 0.881. The van der Waals surface area contributed by atoms with Crippen molar-refractivity contribution in [2.45, 2.75) is 42.0 Å². The van der Waals surface area contributed by atoms with Gasteiger partial charge in [0.05, 0.1) is 0 Å². The molecule has 0 bridgehead atoms. The largest absolute Gasteiger partial charge is 0.115 e. The van der Waals surface area contributed by atoms with Crippen LogP contribution >= 0.6 is 0 Å². The van der Waals surface area contributed by atoms with Crippen LogP contribution in [0.5, 0.6) is 0 Å². The van der Waals surface area contributed by atoms with Crippen molar-refractivity contribution < 1.29 is 0 Å². The van der Waals surface area contributed by atoms with Gasteiger partial charge in [0.2, 0.25) is 0 Å². The summed E-state index contributed by atoms with van der Waals surface area (Å²) in [5.41, 5.74) is 2.27. The molecule has 1 aromatic carbocycles. The molecular weight excluding hydrogens is 168 g/mol. The topological polar surface area (TPSA) is 0 Å². The predicted molar refractivity (Wildman–Crippen MR) is 68.6 cm³/mol. The minimum atomic E-state index is 0. The molecule has 0 aliphatic carbocycles. The molecule has 0 heteroatoms. The molecule has 0 saturated heterocycles. The highest BCUT2D eigenvalue weighted by Gasteiger charge is 1.88. The van der Waals surface area contributed by atoms with E-state index < -0.39 is 0 Å². The van der Waals surface area contributed by atoms with Crippen molar-refractivity contribution in [3.8, 4) is 12.3 Å². The fraction of sp³-hybridized carbons (Fsp3) is 0.429. The SMILES string of the molecule is C.C.C#Cc1cccc(CC)c1.CC. The zero-order chi connectivity index (χ0) is 9.40. The maximum absolute atomic E-state index is 5.22. The molecule has 0 heterocycles. The van der Waals surface area contributed by atoms with Crippen molar-refractivity contribution in [3.63, 3.8) is 0 Å². The standard InChI is InChI=1S/C10H10.C2H6.2CH4/c1-3-9-6-5-7-10(4-2)8-9;1-2;;/h1,5-8H,4H2,2H3;1-2H3;2*1H4. The van der Waals surface area contributed by atoms with Crippen LogP contribution in [0.1, 0.15) is 46.8 Å². The van der Waals surface area contributed by atoms with E-state index >= 15 is 0 Å². The fourth-order valence-corrected chi connectivity index (χ4v) is 0.881. The highest BCUT2D eigenvalue weighted by Crippen LogP contribution is 2.03. The summed E-state index contributed by atoms with van der Waals surface area (Å²) in [4.78, 5) is 0. The summed E-state index contributed by atoms with van der Waals surface area (Å²) in [7, 11) is 0. The second kappa shape index (κ2) is 11.8. The second-order valence-electron chi connectivity index (χ2n) is 2.20. The molecule has 0 spiro atoms. The first kappa shape index (κ1) is 18.5. The average molecular weight is 192 g/mol. The average Bonchev–Trinajstić information content (AvgIpc) is 2.21. The molecule has 80 valence electrons. The molecule has 1 rings (SSSR count). The van der Waals surface area contributed by atoms with Crippen molar-refractivity contribution in [2.24, 2.45) is 0 Å². The van der Waals surface area contributed by atoms with Crippen LogP contribution in [-0.2, 0) is 6.42 Å². The Bertz CT molecular complexity index is 253. The minimum Gasteiger partial charge on any atom is -0.115 e. The summed E-state index contributed by atoms with van der Waals surface area (Å²) < 4.78 is 0. The molecule has 0 radical (unpaired) electrons. The van der Waals surface area contributed by atoms with Gasteiger partial charge < -0.3 is 0 Å². The number of benzene rings is 1. The van der Waals surface area contributed by atoms with Gasteiger partial charge in [-0.15, -0.1) is 6.42 Å². The predicted octanol–water partition coefficient (Wildman–Crippen LogP) is 4.53. The van der Waals surface area contributed by atoms with Crippen LogP contribution in [0.3, 0.4) is 0 Å². The Morgan fingerprint density at radius 2 is 1.79 bits per heavy atom. The molecule has 0 aliphatic rings. The van der Waals surface area contributed by atoms with Crippen LogP contribution in [0.4, 0.5) is 0 Å². The summed E-state index contributed by atoms with van der Waals surface area (Å²) in [6.07, 6.45) is 6.27. The van der Waals surface area contributed by atoms with Crippen molar-refractivity contribution in [1.82, 2.24) is 0 Å². The van der Waals surface area contributed by atoms with E-state index in [0.717, 1.165) is 12.0 Å². The molecule has 14 heavy (non-hydrogen) atoms. The third kappa shape index (κ3) is 6.31. The van der Waals surface area contributed by atoms with E-state index in [9.17, 15) is 0 Å². The maximum Gasteiger partial charge on any atom is 0.0245 e. The molecule has 0 atom stereocenters. The van der Waals surface area contributed by atoms with Crippen molar-refractivity contribution in [2.75, 3.05) is 0 Å². The van der Waals surface area contributed by atoms with Gasteiger partial charge in [-0.25, -0.2) is 0 Å². The Balaban J connectivity index is -0.000000284. The van der Waals surface area contributed by atoms with Crippen LogP contribution < -0.4 is 0 Å². The van der Waals surface area contributed by atoms with E-state index in [-0.39, 0.29) is 14.9 Å². The molecule has 0 unspecified atom stereocenters. The smallest absolute Gasteiger partial charge is 0.0245 e. The lowest BCUT2D eigenvalue weighted by molar-refractivity contribution is 1.14. The van der Waals surface area contributed by atoms with Gasteiger partial charge in [0, 0.05) is 5.56 Å². The van der Waals surface area contributed by atoms with Gasteiger partial charge in [0.15, 0.2) is 0 Å². The van der Waals surface area contributed by atoms with Crippen LogP contribution in [0, 0.1) is 12.3 Å². The van der Waals surface area contributed by atoms with Crippen molar-refractivity contribution >= 4 is 0 Å². The normalized spacial score (nSPS) is 6.71. The Hall–Kier alpha value is -1.22. The van der Waals surface area contributed by atoms with Gasteiger partial charge in [-0.3, -0.25) is 0 Å². The molecule has 1 aromatic rings. The van der Waals surface area contributed by atoms with Gasteiger partial charge >= 0.3 is 0 Å². The summed E-state index contributed by atoms with van der Waals surface area (Å²) >= 11 is 0. The summed E-state index contributed by atoms with van der Waals surface area (Å²) in [5.74, 6) is 2.60. The Morgan fingerprint density at radius 3 is 2.21 bits per heavy atom. The molecule has 0 aromatic heterocycles.